The monoisotopic (exact) mass is 971 g/mol. The number of esters is 3. The second-order valence-electron chi connectivity index (χ2n) is 21.0. The number of hydrogen-bond acceptors (Lipinski definition) is 6. The first-order valence-corrected chi connectivity index (χ1v) is 30.8. The van der Waals surface area contributed by atoms with Crippen molar-refractivity contribution in [2.75, 3.05) is 13.2 Å². The fraction of sp³-hybridized carbons (Fsp3) is 0.889. The van der Waals surface area contributed by atoms with Crippen LogP contribution in [0.1, 0.15) is 342 Å². The molecule has 69 heavy (non-hydrogen) atoms. The molecule has 0 bridgehead atoms. The van der Waals surface area contributed by atoms with E-state index in [9.17, 15) is 14.4 Å². The lowest BCUT2D eigenvalue weighted by atomic mass is 10.0. The van der Waals surface area contributed by atoms with Gasteiger partial charge in [-0.05, 0) is 64.2 Å². The third-order valence-corrected chi connectivity index (χ3v) is 13.9. The fourth-order valence-electron chi connectivity index (χ4n) is 9.27. The first-order valence-electron chi connectivity index (χ1n) is 30.8. The summed E-state index contributed by atoms with van der Waals surface area (Å²) >= 11 is 0. The number of carbonyl (C=O) groups excluding carboxylic acids is 3. The van der Waals surface area contributed by atoms with E-state index in [0.717, 1.165) is 77.0 Å². The maximum atomic E-state index is 12.8. The summed E-state index contributed by atoms with van der Waals surface area (Å²) in [5, 5.41) is 0. The summed E-state index contributed by atoms with van der Waals surface area (Å²) in [6.07, 6.45) is 69.2. The molecule has 0 N–H and O–H groups in total. The van der Waals surface area contributed by atoms with Crippen molar-refractivity contribution in [3.8, 4) is 0 Å². The van der Waals surface area contributed by atoms with Gasteiger partial charge in [-0.1, -0.05) is 283 Å². The molecule has 0 spiro atoms. The van der Waals surface area contributed by atoms with Crippen LogP contribution in [0.2, 0.25) is 0 Å². The maximum Gasteiger partial charge on any atom is 0.306 e. The summed E-state index contributed by atoms with van der Waals surface area (Å²) in [7, 11) is 0. The molecule has 0 radical (unpaired) electrons. The van der Waals surface area contributed by atoms with Crippen LogP contribution in [0.25, 0.3) is 0 Å². The minimum atomic E-state index is -0.775. The van der Waals surface area contributed by atoms with E-state index < -0.39 is 6.10 Å². The van der Waals surface area contributed by atoms with Gasteiger partial charge in [0, 0.05) is 19.3 Å². The molecule has 1 atom stereocenters. The molecule has 1 unspecified atom stereocenters. The van der Waals surface area contributed by atoms with Crippen LogP contribution in [0.3, 0.4) is 0 Å². The van der Waals surface area contributed by atoms with Crippen molar-refractivity contribution < 1.29 is 28.6 Å². The van der Waals surface area contributed by atoms with Gasteiger partial charge in [-0.15, -0.1) is 0 Å². The first kappa shape index (κ1) is 66.9. The molecule has 0 aliphatic carbocycles. The minimum absolute atomic E-state index is 0.0731. The van der Waals surface area contributed by atoms with Crippen molar-refractivity contribution in [3.05, 3.63) is 24.3 Å². The smallest absolute Gasteiger partial charge is 0.306 e. The largest absolute Gasteiger partial charge is 0.462 e. The summed E-state index contributed by atoms with van der Waals surface area (Å²) in [4.78, 5) is 38.1. The second-order valence-corrected chi connectivity index (χ2v) is 21.0. The molecule has 0 aliphatic rings. The maximum absolute atomic E-state index is 12.8. The van der Waals surface area contributed by atoms with Crippen LogP contribution < -0.4 is 0 Å². The van der Waals surface area contributed by atoms with Crippen LogP contribution >= 0.6 is 0 Å². The third-order valence-electron chi connectivity index (χ3n) is 13.9. The Hall–Kier alpha value is -2.11. The average molecular weight is 972 g/mol. The van der Waals surface area contributed by atoms with E-state index in [0.29, 0.717) is 19.3 Å². The number of hydrogen-bond donors (Lipinski definition) is 0. The quantitative estimate of drug-likeness (QED) is 0.0261. The van der Waals surface area contributed by atoms with Crippen molar-refractivity contribution in [2.24, 2.45) is 0 Å². The molecule has 6 heteroatoms. The lowest BCUT2D eigenvalue weighted by Crippen LogP contribution is -2.30. The summed E-state index contributed by atoms with van der Waals surface area (Å²) in [6.45, 7) is 6.60. The van der Waals surface area contributed by atoms with Crippen molar-refractivity contribution in [1.82, 2.24) is 0 Å². The third kappa shape index (κ3) is 56.7. The second kappa shape index (κ2) is 58.5. The van der Waals surface area contributed by atoms with Crippen molar-refractivity contribution >= 4 is 17.9 Å². The predicted molar refractivity (Wildman–Crippen MR) is 298 cm³/mol. The SMILES string of the molecule is CCC/C=C\CCCCCCCC(=O)OCC(COC(=O)CCCCCCCCCCCCCCCCCCCCCCCCCCCCC)OC(=O)CCCCCCC/C=C\CCCCCCC. The molecule has 0 aromatic carbocycles. The van der Waals surface area contributed by atoms with Gasteiger partial charge >= 0.3 is 17.9 Å². The topological polar surface area (TPSA) is 78.9 Å². The predicted octanol–water partition coefficient (Wildman–Crippen LogP) is 20.7. The van der Waals surface area contributed by atoms with E-state index in [2.05, 4.69) is 45.1 Å². The summed E-state index contributed by atoms with van der Waals surface area (Å²) in [5.41, 5.74) is 0. The van der Waals surface area contributed by atoms with Gasteiger partial charge in [0.2, 0.25) is 0 Å². The zero-order chi connectivity index (χ0) is 50.0. The molecule has 0 rings (SSSR count). The molecule has 0 aliphatic heterocycles. The minimum Gasteiger partial charge on any atom is -0.462 e. The van der Waals surface area contributed by atoms with Crippen LogP contribution in [0.15, 0.2) is 24.3 Å². The highest BCUT2D eigenvalue weighted by Gasteiger charge is 2.19. The Morgan fingerprint density at radius 3 is 0.783 bits per heavy atom. The number of rotatable bonds is 57. The Kier molecular flexibility index (Phi) is 56.7. The zero-order valence-electron chi connectivity index (χ0n) is 46.6. The Morgan fingerprint density at radius 2 is 0.507 bits per heavy atom. The van der Waals surface area contributed by atoms with Gasteiger partial charge in [-0.2, -0.15) is 0 Å². The van der Waals surface area contributed by atoms with E-state index in [1.54, 1.807) is 0 Å². The average Bonchev–Trinajstić information content (AvgIpc) is 3.35. The number of allylic oxidation sites excluding steroid dienone is 4. The Morgan fingerprint density at radius 1 is 0.275 bits per heavy atom. The highest BCUT2D eigenvalue weighted by molar-refractivity contribution is 5.71. The van der Waals surface area contributed by atoms with Crippen molar-refractivity contribution in [1.29, 1.82) is 0 Å². The standard InChI is InChI=1S/C63H118O6/c1-4-7-10-13-16-19-22-24-26-27-28-29-30-31-32-33-34-35-36-37-38-40-41-44-47-50-53-56-62(65)68-59-60(58-67-61(64)55-52-49-46-43-21-18-15-12-9-6-3)69-63(66)57-54-51-48-45-42-39-25-23-20-17-14-11-8-5-2/h12,15,23,25,60H,4-11,13-14,16-22,24,26-59H2,1-3H3/b15-12-,25-23-. The molecule has 0 saturated carbocycles. The molecular weight excluding hydrogens is 853 g/mol. The fourth-order valence-corrected chi connectivity index (χ4v) is 9.27. The molecule has 0 saturated heterocycles. The van der Waals surface area contributed by atoms with Gasteiger partial charge in [0.25, 0.3) is 0 Å². The first-order chi connectivity index (χ1) is 34.0. The summed E-state index contributed by atoms with van der Waals surface area (Å²) in [6, 6.07) is 0. The summed E-state index contributed by atoms with van der Waals surface area (Å²) < 4.78 is 16.8. The number of ether oxygens (including phenoxy) is 3. The molecule has 0 amide bonds. The molecule has 406 valence electrons. The molecule has 0 aromatic rings. The summed E-state index contributed by atoms with van der Waals surface area (Å²) in [5.74, 6) is -0.874. The molecule has 0 heterocycles. The van der Waals surface area contributed by atoms with E-state index >= 15 is 0 Å². The van der Waals surface area contributed by atoms with Gasteiger partial charge in [-0.3, -0.25) is 14.4 Å². The van der Waals surface area contributed by atoms with Crippen LogP contribution in [-0.4, -0.2) is 37.2 Å². The zero-order valence-corrected chi connectivity index (χ0v) is 46.6. The number of unbranched alkanes of at least 4 members (excludes halogenated alkanes) is 42. The van der Waals surface area contributed by atoms with E-state index in [1.165, 1.54) is 225 Å². The van der Waals surface area contributed by atoms with Gasteiger partial charge < -0.3 is 14.2 Å². The number of carbonyl (C=O) groups is 3. The highest BCUT2D eigenvalue weighted by Crippen LogP contribution is 2.18. The van der Waals surface area contributed by atoms with E-state index in [4.69, 9.17) is 14.2 Å². The van der Waals surface area contributed by atoms with E-state index in [-0.39, 0.29) is 31.1 Å². The Balaban J connectivity index is 4.11. The Bertz CT molecular complexity index is 1110. The lowest BCUT2D eigenvalue weighted by molar-refractivity contribution is -0.167. The molecule has 0 fully saturated rings. The van der Waals surface area contributed by atoms with Gasteiger partial charge in [0.1, 0.15) is 13.2 Å². The van der Waals surface area contributed by atoms with Crippen molar-refractivity contribution in [3.63, 3.8) is 0 Å². The molecular formula is C63H118O6. The lowest BCUT2D eigenvalue weighted by Gasteiger charge is -2.18. The van der Waals surface area contributed by atoms with Gasteiger partial charge in [0.15, 0.2) is 6.10 Å². The normalized spacial score (nSPS) is 12.1. The van der Waals surface area contributed by atoms with E-state index in [1.807, 2.05) is 0 Å². The van der Waals surface area contributed by atoms with Crippen LogP contribution in [0.4, 0.5) is 0 Å². The van der Waals surface area contributed by atoms with Crippen molar-refractivity contribution in [2.45, 2.75) is 348 Å². The molecule has 0 aromatic heterocycles. The van der Waals surface area contributed by atoms with Gasteiger partial charge in [0.05, 0.1) is 0 Å². The van der Waals surface area contributed by atoms with Crippen LogP contribution in [0.5, 0.6) is 0 Å². The van der Waals surface area contributed by atoms with Crippen LogP contribution in [-0.2, 0) is 28.6 Å². The Labute approximate surface area is 430 Å². The highest BCUT2D eigenvalue weighted by atomic mass is 16.6. The van der Waals surface area contributed by atoms with Crippen LogP contribution in [0, 0.1) is 0 Å². The van der Waals surface area contributed by atoms with Gasteiger partial charge in [-0.25, -0.2) is 0 Å². The molecule has 6 nitrogen and oxygen atoms in total.